The van der Waals surface area contributed by atoms with Gasteiger partial charge in [-0.1, -0.05) is 37.6 Å². The molecule has 0 saturated heterocycles. The summed E-state index contributed by atoms with van der Waals surface area (Å²) in [5, 5.41) is 0.802. The van der Waals surface area contributed by atoms with E-state index in [-0.39, 0.29) is 23.4 Å². The molecule has 2 aromatic carbocycles. The summed E-state index contributed by atoms with van der Waals surface area (Å²) in [5.41, 5.74) is 3.10. The van der Waals surface area contributed by atoms with E-state index in [9.17, 15) is 4.79 Å². The zero-order valence-electron chi connectivity index (χ0n) is 17.7. The molecule has 0 spiro atoms. The van der Waals surface area contributed by atoms with Crippen LogP contribution in [0, 0.1) is 0 Å². The van der Waals surface area contributed by atoms with E-state index >= 15 is 0 Å². The third kappa shape index (κ3) is 8.21. The van der Waals surface area contributed by atoms with E-state index in [0.717, 1.165) is 31.0 Å². The molecule has 0 radical (unpaired) electrons. The summed E-state index contributed by atoms with van der Waals surface area (Å²) in [6.07, 6.45) is 0.492. The predicted molar refractivity (Wildman–Crippen MR) is 131 cm³/mol. The molecule has 2 rings (SSSR count). The molecule has 0 N–H and O–H groups in total. The first-order valence-corrected chi connectivity index (χ1v) is 11.3. The lowest BCUT2D eigenvalue weighted by Crippen LogP contribution is -2.25. The Morgan fingerprint density at radius 1 is 1.00 bits per heavy atom. The van der Waals surface area contributed by atoms with Crippen LogP contribution >= 0.6 is 35.8 Å². The summed E-state index contributed by atoms with van der Waals surface area (Å²) in [6, 6.07) is 15.8. The van der Waals surface area contributed by atoms with Crippen LogP contribution in [0.3, 0.4) is 0 Å². The number of halogens is 2. The van der Waals surface area contributed by atoms with Crippen LogP contribution in [-0.2, 0) is 0 Å². The molecular formula is C23H32Cl2N2OS. The van der Waals surface area contributed by atoms with E-state index in [4.69, 9.17) is 11.6 Å². The first-order valence-electron chi connectivity index (χ1n) is 9.84. The second kappa shape index (κ2) is 13.2. The van der Waals surface area contributed by atoms with Gasteiger partial charge in [0, 0.05) is 54.3 Å². The van der Waals surface area contributed by atoms with Gasteiger partial charge in [0.15, 0.2) is 5.78 Å². The van der Waals surface area contributed by atoms with Gasteiger partial charge in [0.25, 0.3) is 0 Å². The summed E-state index contributed by atoms with van der Waals surface area (Å²) in [7, 11) is 4.07. The van der Waals surface area contributed by atoms with Crippen LogP contribution in [0.15, 0.2) is 48.5 Å². The van der Waals surface area contributed by atoms with E-state index in [1.807, 2.05) is 38.0 Å². The van der Waals surface area contributed by atoms with Crippen LogP contribution < -0.4 is 4.90 Å². The lowest BCUT2D eigenvalue weighted by molar-refractivity contribution is 0.0982. The third-order valence-electron chi connectivity index (χ3n) is 4.94. The molecule has 0 aliphatic carbocycles. The lowest BCUT2D eigenvalue weighted by Gasteiger charge is -2.22. The summed E-state index contributed by atoms with van der Waals surface area (Å²) >= 11 is 7.83. The molecule has 3 nitrogen and oxygen atoms in total. The Morgan fingerprint density at radius 3 is 2.10 bits per heavy atom. The van der Waals surface area contributed by atoms with Gasteiger partial charge in [-0.25, -0.2) is 0 Å². The number of hydrogen-bond acceptors (Lipinski definition) is 4. The van der Waals surface area contributed by atoms with Gasteiger partial charge < -0.3 is 9.80 Å². The number of ketones is 1. The number of benzene rings is 2. The Kier molecular flexibility index (Phi) is 11.7. The van der Waals surface area contributed by atoms with Gasteiger partial charge in [-0.2, -0.15) is 11.8 Å². The summed E-state index contributed by atoms with van der Waals surface area (Å²) in [5.74, 6) is 1.17. The van der Waals surface area contributed by atoms with Crippen LogP contribution in [0.1, 0.15) is 41.4 Å². The van der Waals surface area contributed by atoms with Gasteiger partial charge in [0.2, 0.25) is 0 Å². The van der Waals surface area contributed by atoms with Crippen molar-refractivity contribution in [2.45, 2.75) is 25.5 Å². The highest BCUT2D eigenvalue weighted by atomic mass is 35.5. The number of carbonyl (C=O) groups is 1. The van der Waals surface area contributed by atoms with Crippen molar-refractivity contribution < 1.29 is 4.79 Å². The highest BCUT2D eigenvalue weighted by Crippen LogP contribution is 2.34. The molecule has 0 aliphatic rings. The van der Waals surface area contributed by atoms with Crippen LogP contribution in [0.4, 0.5) is 5.69 Å². The Morgan fingerprint density at radius 2 is 1.59 bits per heavy atom. The van der Waals surface area contributed by atoms with E-state index in [1.165, 1.54) is 11.3 Å². The Labute approximate surface area is 191 Å². The molecule has 0 heterocycles. The van der Waals surface area contributed by atoms with Crippen molar-refractivity contribution in [3.05, 3.63) is 64.7 Å². The normalized spacial score (nSPS) is 11.8. The quantitative estimate of drug-likeness (QED) is 0.376. The number of carbonyl (C=O) groups excluding carboxylic acids is 1. The number of anilines is 1. The van der Waals surface area contributed by atoms with Crippen LogP contribution in [0.25, 0.3) is 0 Å². The second-order valence-corrected chi connectivity index (χ2v) is 8.75. The van der Waals surface area contributed by atoms with Crippen molar-refractivity contribution >= 4 is 47.2 Å². The van der Waals surface area contributed by atoms with Gasteiger partial charge in [-0.15, -0.1) is 12.4 Å². The molecule has 29 heavy (non-hydrogen) atoms. The maximum absolute atomic E-state index is 12.8. The molecule has 0 amide bonds. The maximum atomic E-state index is 12.8. The summed E-state index contributed by atoms with van der Waals surface area (Å²) < 4.78 is 0. The van der Waals surface area contributed by atoms with E-state index in [2.05, 4.69) is 47.9 Å². The van der Waals surface area contributed by atoms with Gasteiger partial charge in [-0.3, -0.25) is 4.79 Å². The monoisotopic (exact) mass is 454 g/mol. The Bertz CT molecular complexity index is 732. The molecule has 0 aliphatic heterocycles. The lowest BCUT2D eigenvalue weighted by atomic mass is 10.0. The number of rotatable bonds is 11. The Balaban J connectivity index is 0.00000420. The topological polar surface area (TPSA) is 23.6 Å². The Hall–Kier alpha value is -1.20. The first-order chi connectivity index (χ1) is 13.4. The van der Waals surface area contributed by atoms with Crippen molar-refractivity contribution in [1.82, 2.24) is 4.90 Å². The molecule has 0 fully saturated rings. The van der Waals surface area contributed by atoms with Crippen LogP contribution in [-0.4, -0.2) is 50.2 Å². The minimum absolute atomic E-state index is 0. The minimum atomic E-state index is 0. The van der Waals surface area contributed by atoms with E-state index < -0.39 is 0 Å². The largest absolute Gasteiger partial charge is 0.378 e. The fourth-order valence-corrected chi connectivity index (χ4v) is 4.44. The van der Waals surface area contributed by atoms with Crippen LogP contribution in [0.5, 0.6) is 0 Å². The molecule has 1 unspecified atom stereocenters. The fraction of sp³-hybridized carbons (Fsp3) is 0.435. The van der Waals surface area contributed by atoms with Crippen molar-refractivity contribution in [2.75, 3.05) is 44.4 Å². The number of Topliss-reactive ketones (excluding diaryl/α,β-unsaturated/α-hetero) is 1. The SMILES string of the molecule is CCN(CC)CCSC(CC(=O)c1ccc(Cl)cc1)c1ccc(N(C)C)cc1.Cl. The highest BCUT2D eigenvalue weighted by Gasteiger charge is 2.18. The summed E-state index contributed by atoms with van der Waals surface area (Å²) in [4.78, 5) is 17.4. The van der Waals surface area contributed by atoms with Gasteiger partial charge in [0.05, 0.1) is 0 Å². The van der Waals surface area contributed by atoms with E-state index in [0.29, 0.717) is 11.4 Å². The minimum Gasteiger partial charge on any atom is -0.378 e. The zero-order chi connectivity index (χ0) is 20.5. The second-order valence-electron chi connectivity index (χ2n) is 7.01. The van der Waals surface area contributed by atoms with Crippen LogP contribution in [0.2, 0.25) is 5.02 Å². The molecule has 0 bridgehead atoms. The average molecular weight is 455 g/mol. The highest BCUT2D eigenvalue weighted by molar-refractivity contribution is 7.99. The summed E-state index contributed by atoms with van der Waals surface area (Å²) in [6.45, 7) is 7.54. The van der Waals surface area contributed by atoms with Gasteiger partial charge in [0.1, 0.15) is 0 Å². The van der Waals surface area contributed by atoms with Gasteiger partial charge in [-0.05, 0) is 55.1 Å². The van der Waals surface area contributed by atoms with Crippen molar-refractivity contribution in [3.8, 4) is 0 Å². The number of thioether (sulfide) groups is 1. The smallest absolute Gasteiger partial charge is 0.164 e. The molecule has 0 aromatic heterocycles. The number of hydrogen-bond donors (Lipinski definition) is 0. The molecule has 6 heteroatoms. The predicted octanol–water partition coefficient (Wildman–Crippen LogP) is 6.22. The zero-order valence-corrected chi connectivity index (χ0v) is 20.1. The fourth-order valence-electron chi connectivity index (χ4n) is 3.05. The van der Waals surface area contributed by atoms with Crippen molar-refractivity contribution in [2.24, 2.45) is 0 Å². The maximum Gasteiger partial charge on any atom is 0.164 e. The molecule has 1 atom stereocenters. The van der Waals surface area contributed by atoms with E-state index in [1.54, 1.807) is 12.1 Å². The van der Waals surface area contributed by atoms with Gasteiger partial charge >= 0.3 is 0 Å². The van der Waals surface area contributed by atoms with Crippen molar-refractivity contribution in [3.63, 3.8) is 0 Å². The standard InChI is InChI=1S/C23H31ClN2OS.ClH/c1-5-26(6-2)15-16-28-23(19-9-13-21(14-10-19)25(3)4)17-22(27)18-7-11-20(24)12-8-18;/h7-14,23H,5-6,15-17H2,1-4H3;1H. The van der Waals surface area contributed by atoms with Crippen molar-refractivity contribution in [1.29, 1.82) is 0 Å². The molecular weight excluding hydrogens is 423 g/mol. The molecule has 2 aromatic rings. The first kappa shape index (κ1) is 25.8. The third-order valence-corrected chi connectivity index (χ3v) is 6.45. The average Bonchev–Trinajstić information content (AvgIpc) is 2.70. The molecule has 160 valence electrons. The number of nitrogens with zero attached hydrogens (tertiary/aromatic N) is 2. The molecule has 0 saturated carbocycles.